The first-order chi connectivity index (χ1) is 7.90. The number of carbonyl (C=O) groups is 1. The van der Waals surface area contributed by atoms with E-state index in [4.69, 9.17) is 5.73 Å². The number of amides is 1. The first kappa shape index (κ1) is 13.5. The lowest BCUT2D eigenvalue weighted by Gasteiger charge is -2.25. The van der Waals surface area contributed by atoms with Crippen LogP contribution in [0.5, 0.6) is 5.75 Å². The van der Waals surface area contributed by atoms with Crippen molar-refractivity contribution in [3.05, 3.63) is 29.3 Å². The molecule has 0 saturated carbocycles. The standard InChI is InChI=1S/C13H20N2O2/c1-9(2)15(8-13(14)17)7-11-6-10(3)4-5-12(11)16/h4-6,9,16H,7-8H2,1-3H3,(H2,14,17). The Morgan fingerprint density at radius 2 is 2.12 bits per heavy atom. The van der Waals surface area contributed by atoms with Crippen LogP contribution < -0.4 is 5.73 Å². The highest BCUT2D eigenvalue weighted by Gasteiger charge is 2.14. The van der Waals surface area contributed by atoms with Crippen LogP contribution in [0.15, 0.2) is 18.2 Å². The van der Waals surface area contributed by atoms with E-state index in [2.05, 4.69) is 0 Å². The summed E-state index contributed by atoms with van der Waals surface area (Å²) in [5, 5.41) is 9.76. The summed E-state index contributed by atoms with van der Waals surface area (Å²) in [6.45, 7) is 6.68. The number of nitrogens with zero attached hydrogens (tertiary/aromatic N) is 1. The first-order valence-corrected chi connectivity index (χ1v) is 5.71. The van der Waals surface area contributed by atoms with Crippen LogP contribution in [-0.2, 0) is 11.3 Å². The van der Waals surface area contributed by atoms with Gasteiger partial charge in [0.1, 0.15) is 5.75 Å². The SMILES string of the molecule is Cc1ccc(O)c(CN(CC(N)=O)C(C)C)c1. The fourth-order valence-corrected chi connectivity index (χ4v) is 1.68. The molecule has 4 heteroatoms. The number of aryl methyl sites for hydroxylation is 1. The van der Waals surface area contributed by atoms with Gasteiger partial charge < -0.3 is 10.8 Å². The summed E-state index contributed by atoms with van der Waals surface area (Å²) in [7, 11) is 0. The van der Waals surface area contributed by atoms with Gasteiger partial charge in [-0.05, 0) is 26.8 Å². The molecule has 1 aromatic rings. The van der Waals surface area contributed by atoms with Gasteiger partial charge in [0.15, 0.2) is 0 Å². The van der Waals surface area contributed by atoms with Crippen molar-refractivity contribution < 1.29 is 9.90 Å². The van der Waals surface area contributed by atoms with Crippen molar-refractivity contribution >= 4 is 5.91 Å². The van der Waals surface area contributed by atoms with E-state index in [0.717, 1.165) is 11.1 Å². The fourth-order valence-electron chi connectivity index (χ4n) is 1.68. The lowest BCUT2D eigenvalue weighted by molar-refractivity contribution is -0.119. The van der Waals surface area contributed by atoms with Gasteiger partial charge in [-0.2, -0.15) is 0 Å². The molecule has 0 heterocycles. The molecule has 0 bridgehead atoms. The highest BCUT2D eigenvalue weighted by molar-refractivity contribution is 5.75. The number of hydrogen-bond acceptors (Lipinski definition) is 3. The zero-order valence-corrected chi connectivity index (χ0v) is 10.6. The second kappa shape index (κ2) is 5.68. The Hall–Kier alpha value is -1.55. The highest BCUT2D eigenvalue weighted by Crippen LogP contribution is 2.20. The third kappa shape index (κ3) is 4.07. The van der Waals surface area contributed by atoms with E-state index >= 15 is 0 Å². The summed E-state index contributed by atoms with van der Waals surface area (Å²) < 4.78 is 0. The molecule has 1 aromatic carbocycles. The molecular weight excluding hydrogens is 216 g/mol. The van der Waals surface area contributed by atoms with E-state index in [-0.39, 0.29) is 24.2 Å². The van der Waals surface area contributed by atoms with Gasteiger partial charge in [-0.1, -0.05) is 17.7 Å². The number of aromatic hydroxyl groups is 1. The van der Waals surface area contributed by atoms with Crippen molar-refractivity contribution in [2.45, 2.75) is 33.4 Å². The molecule has 17 heavy (non-hydrogen) atoms. The van der Waals surface area contributed by atoms with E-state index in [9.17, 15) is 9.90 Å². The van der Waals surface area contributed by atoms with Crippen molar-refractivity contribution in [1.82, 2.24) is 4.90 Å². The summed E-state index contributed by atoms with van der Waals surface area (Å²) in [6.07, 6.45) is 0. The minimum atomic E-state index is -0.356. The predicted octanol–water partition coefficient (Wildman–Crippen LogP) is 1.40. The summed E-state index contributed by atoms with van der Waals surface area (Å²) in [5.74, 6) is -0.100. The van der Waals surface area contributed by atoms with Crippen molar-refractivity contribution in [1.29, 1.82) is 0 Å². The third-order valence-corrected chi connectivity index (χ3v) is 2.70. The number of primary amides is 1. The molecule has 3 N–H and O–H groups in total. The van der Waals surface area contributed by atoms with Crippen molar-refractivity contribution in [2.24, 2.45) is 5.73 Å². The number of hydrogen-bond donors (Lipinski definition) is 2. The lowest BCUT2D eigenvalue weighted by atomic mass is 10.1. The van der Waals surface area contributed by atoms with Gasteiger partial charge >= 0.3 is 0 Å². The van der Waals surface area contributed by atoms with E-state index in [1.54, 1.807) is 6.07 Å². The molecule has 0 atom stereocenters. The lowest BCUT2D eigenvalue weighted by Crippen LogP contribution is -2.37. The molecule has 0 aliphatic rings. The maximum Gasteiger partial charge on any atom is 0.231 e. The largest absolute Gasteiger partial charge is 0.508 e. The van der Waals surface area contributed by atoms with Crippen LogP contribution >= 0.6 is 0 Å². The molecule has 0 radical (unpaired) electrons. The zero-order chi connectivity index (χ0) is 13.0. The Morgan fingerprint density at radius 3 is 2.65 bits per heavy atom. The van der Waals surface area contributed by atoms with Crippen molar-refractivity contribution in [3.8, 4) is 5.75 Å². The van der Waals surface area contributed by atoms with Crippen LogP contribution in [0.4, 0.5) is 0 Å². The van der Waals surface area contributed by atoms with Gasteiger partial charge in [-0.25, -0.2) is 0 Å². The fraction of sp³-hybridized carbons (Fsp3) is 0.462. The average molecular weight is 236 g/mol. The van der Waals surface area contributed by atoms with Crippen LogP contribution in [0.3, 0.4) is 0 Å². The molecule has 0 aliphatic heterocycles. The molecule has 0 fully saturated rings. The maximum atomic E-state index is 11.0. The van der Waals surface area contributed by atoms with E-state index in [1.165, 1.54) is 0 Å². The van der Waals surface area contributed by atoms with Gasteiger partial charge in [0.25, 0.3) is 0 Å². The minimum Gasteiger partial charge on any atom is -0.508 e. The quantitative estimate of drug-likeness (QED) is 0.812. The Balaban J connectivity index is 2.85. The predicted molar refractivity (Wildman–Crippen MR) is 67.6 cm³/mol. The smallest absolute Gasteiger partial charge is 0.231 e. The highest BCUT2D eigenvalue weighted by atomic mass is 16.3. The second-order valence-corrected chi connectivity index (χ2v) is 4.60. The Morgan fingerprint density at radius 1 is 1.47 bits per heavy atom. The summed E-state index contributed by atoms with van der Waals surface area (Å²) in [6, 6.07) is 5.65. The Bertz CT molecular complexity index is 402. The second-order valence-electron chi connectivity index (χ2n) is 4.60. The van der Waals surface area contributed by atoms with Crippen LogP contribution in [0.25, 0.3) is 0 Å². The summed E-state index contributed by atoms with van der Waals surface area (Å²) in [5.41, 5.74) is 7.11. The van der Waals surface area contributed by atoms with Gasteiger partial charge in [-0.3, -0.25) is 9.69 Å². The minimum absolute atomic E-state index is 0.197. The van der Waals surface area contributed by atoms with Crippen LogP contribution in [0.2, 0.25) is 0 Å². The number of benzene rings is 1. The van der Waals surface area contributed by atoms with E-state index < -0.39 is 0 Å². The number of rotatable bonds is 5. The Kier molecular flexibility index (Phi) is 4.52. The van der Waals surface area contributed by atoms with E-state index in [1.807, 2.05) is 37.8 Å². The molecule has 0 unspecified atom stereocenters. The van der Waals surface area contributed by atoms with Gasteiger partial charge in [0, 0.05) is 18.2 Å². The maximum absolute atomic E-state index is 11.0. The first-order valence-electron chi connectivity index (χ1n) is 5.71. The molecule has 0 aliphatic carbocycles. The molecular formula is C13H20N2O2. The molecule has 0 saturated heterocycles. The number of phenols is 1. The van der Waals surface area contributed by atoms with Gasteiger partial charge in [0.05, 0.1) is 6.54 Å². The van der Waals surface area contributed by atoms with Crippen LogP contribution in [-0.4, -0.2) is 28.5 Å². The Labute approximate surface area is 102 Å². The molecule has 0 aromatic heterocycles. The average Bonchev–Trinajstić information content (AvgIpc) is 2.21. The summed E-state index contributed by atoms with van der Waals surface area (Å²) in [4.78, 5) is 12.9. The topological polar surface area (TPSA) is 66.6 Å². The molecule has 1 amide bonds. The normalized spacial score (nSPS) is 11.1. The zero-order valence-electron chi connectivity index (χ0n) is 10.6. The van der Waals surface area contributed by atoms with Crippen LogP contribution in [0.1, 0.15) is 25.0 Å². The van der Waals surface area contributed by atoms with E-state index in [0.29, 0.717) is 6.54 Å². The third-order valence-electron chi connectivity index (χ3n) is 2.70. The van der Waals surface area contributed by atoms with Gasteiger partial charge in [-0.15, -0.1) is 0 Å². The van der Waals surface area contributed by atoms with Crippen molar-refractivity contribution in [2.75, 3.05) is 6.54 Å². The monoisotopic (exact) mass is 236 g/mol. The van der Waals surface area contributed by atoms with Gasteiger partial charge in [0.2, 0.25) is 5.91 Å². The van der Waals surface area contributed by atoms with Crippen LogP contribution in [0, 0.1) is 6.92 Å². The van der Waals surface area contributed by atoms with Crippen molar-refractivity contribution in [3.63, 3.8) is 0 Å². The summed E-state index contributed by atoms with van der Waals surface area (Å²) >= 11 is 0. The molecule has 4 nitrogen and oxygen atoms in total. The molecule has 94 valence electrons. The number of nitrogens with two attached hydrogens (primary N) is 1. The molecule has 0 spiro atoms. The number of phenolic OH excluding ortho intramolecular Hbond substituents is 1. The molecule has 1 rings (SSSR count). The number of carbonyl (C=O) groups excluding carboxylic acids is 1.